The average Bonchev–Trinajstić information content (AvgIpc) is 2.49. The van der Waals surface area contributed by atoms with Crippen molar-refractivity contribution in [3.63, 3.8) is 0 Å². The third-order valence-electron chi connectivity index (χ3n) is 2.00. The summed E-state index contributed by atoms with van der Waals surface area (Å²) >= 11 is 4.80. The lowest BCUT2D eigenvalue weighted by Gasteiger charge is -2.22. The molecule has 0 fully saturated rings. The van der Waals surface area contributed by atoms with Crippen molar-refractivity contribution in [2.75, 3.05) is 13.1 Å². The zero-order valence-corrected chi connectivity index (χ0v) is 11.3. The van der Waals surface area contributed by atoms with Crippen LogP contribution in [0.1, 0.15) is 18.2 Å². The minimum atomic E-state index is -4.13. The van der Waals surface area contributed by atoms with Crippen LogP contribution in [-0.4, -0.2) is 24.2 Å². The normalized spacial score (nSPS) is 12.4. The fraction of sp³-hybridized carbons (Fsp3) is 0.600. The first-order chi connectivity index (χ1) is 7.42. The van der Waals surface area contributed by atoms with Crippen molar-refractivity contribution < 1.29 is 13.2 Å². The van der Waals surface area contributed by atoms with Crippen molar-refractivity contribution in [1.82, 2.24) is 4.90 Å². The van der Waals surface area contributed by atoms with Crippen LogP contribution in [0, 0.1) is 0 Å². The summed E-state index contributed by atoms with van der Waals surface area (Å²) in [6.07, 6.45) is -3.40. The van der Waals surface area contributed by atoms with E-state index in [1.54, 1.807) is 0 Å². The maximum Gasteiger partial charge on any atom is 0.401 e. The summed E-state index contributed by atoms with van der Waals surface area (Å²) in [6.45, 7) is 1.85. The van der Waals surface area contributed by atoms with Gasteiger partial charge in [0.25, 0.3) is 0 Å². The Balaban J connectivity index is 2.61. The Bertz CT molecular complexity index is 324. The summed E-state index contributed by atoms with van der Waals surface area (Å²) in [5.74, 6) is 0. The second-order valence-electron chi connectivity index (χ2n) is 3.52. The van der Waals surface area contributed by atoms with Crippen LogP contribution in [0.5, 0.6) is 0 Å². The van der Waals surface area contributed by atoms with E-state index in [2.05, 4.69) is 15.9 Å². The molecule has 0 saturated carbocycles. The molecule has 0 saturated heterocycles. The van der Waals surface area contributed by atoms with Crippen molar-refractivity contribution in [1.29, 1.82) is 0 Å². The van der Waals surface area contributed by atoms with Gasteiger partial charge in [-0.2, -0.15) is 13.2 Å². The van der Waals surface area contributed by atoms with Gasteiger partial charge < -0.3 is 0 Å². The molecule has 0 atom stereocenters. The average molecular weight is 316 g/mol. The van der Waals surface area contributed by atoms with E-state index >= 15 is 0 Å². The molecule has 16 heavy (non-hydrogen) atoms. The molecule has 0 aliphatic rings. The fourth-order valence-corrected chi connectivity index (χ4v) is 2.94. The predicted octanol–water partition coefficient (Wildman–Crippen LogP) is 4.28. The molecule has 6 heteroatoms. The SMILES string of the molecule is CCCN(Cc1sccc1Br)CC(F)(F)F. The van der Waals surface area contributed by atoms with E-state index in [1.807, 2.05) is 18.4 Å². The molecule has 0 radical (unpaired) electrons. The molecule has 0 aliphatic carbocycles. The highest BCUT2D eigenvalue weighted by molar-refractivity contribution is 9.10. The summed E-state index contributed by atoms with van der Waals surface area (Å²) in [5, 5.41) is 1.87. The topological polar surface area (TPSA) is 3.24 Å². The van der Waals surface area contributed by atoms with Crippen LogP contribution >= 0.6 is 27.3 Å². The maximum absolute atomic E-state index is 12.3. The molecule has 0 N–H and O–H groups in total. The largest absolute Gasteiger partial charge is 0.401 e. The first-order valence-electron chi connectivity index (χ1n) is 4.93. The van der Waals surface area contributed by atoms with Crippen LogP contribution in [0.3, 0.4) is 0 Å². The molecule has 0 spiro atoms. The number of hydrogen-bond donors (Lipinski definition) is 0. The molecule has 1 aromatic heterocycles. The molecule has 1 nitrogen and oxygen atoms in total. The minimum Gasteiger partial charge on any atom is -0.290 e. The summed E-state index contributed by atoms with van der Waals surface area (Å²) in [4.78, 5) is 2.37. The number of hydrogen-bond acceptors (Lipinski definition) is 2. The van der Waals surface area contributed by atoms with E-state index in [1.165, 1.54) is 16.2 Å². The number of nitrogens with zero attached hydrogens (tertiary/aromatic N) is 1. The maximum atomic E-state index is 12.3. The highest BCUT2D eigenvalue weighted by atomic mass is 79.9. The van der Waals surface area contributed by atoms with Gasteiger partial charge in [-0.25, -0.2) is 0 Å². The summed E-state index contributed by atoms with van der Waals surface area (Å²) in [5.41, 5.74) is 0. The second kappa shape index (κ2) is 6.02. The molecule has 0 aliphatic heterocycles. The summed E-state index contributed by atoms with van der Waals surface area (Å²) in [6, 6.07) is 1.86. The summed E-state index contributed by atoms with van der Waals surface area (Å²) in [7, 11) is 0. The zero-order valence-electron chi connectivity index (χ0n) is 8.85. The fourth-order valence-electron chi connectivity index (χ4n) is 1.42. The number of thiophene rings is 1. The van der Waals surface area contributed by atoms with E-state index in [4.69, 9.17) is 0 Å². The Morgan fingerprint density at radius 3 is 2.56 bits per heavy atom. The number of alkyl halides is 3. The second-order valence-corrected chi connectivity index (χ2v) is 5.37. The molecule has 0 unspecified atom stereocenters. The molecular formula is C10H13BrF3NS. The lowest BCUT2D eigenvalue weighted by Crippen LogP contribution is -2.34. The van der Waals surface area contributed by atoms with E-state index < -0.39 is 12.7 Å². The third-order valence-corrected chi connectivity index (χ3v) is 3.91. The van der Waals surface area contributed by atoms with Gasteiger partial charge in [-0.3, -0.25) is 4.90 Å². The van der Waals surface area contributed by atoms with Crippen molar-refractivity contribution >= 4 is 27.3 Å². The number of halogens is 4. The highest BCUT2D eigenvalue weighted by Crippen LogP contribution is 2.26. The van der Waals surface area contributed by atoms with Gasteiger partial charge in [0.15, 0.2) is 0 Å². The molecule has 1 heterocycles. The van der Waals surface area contributed by atoms with Crippen LogP contribution < -0.4 is 0 Å². The zero-order chi connectivity index (χ0) is 12.2. The van der Waals surface area contributed by atoms with Crippen LogP contribution in [-0.2, 0) is 6.54 Å². The molecule has 0 amide bonds. The molecule has 0 aromatic carbocycles. The van der Waals surface area contributed by atoms with Gasteiger partial charge in [-0.1, -0.05) is 6.92 Å². The lowest BCUT2D eigenvalue weighted by atomic mass is 10.3. The van der Waals surface area contributed by atoms with Crippen LogP contribution in [0.4, 0.5) is 13.2 Å². The Kier molecular flexibility index (Phi) is 5.27. The Labute approximate surface area is 105 Å². The minimum absolute atomic E-state index is 0.353. The van der Waals surface area contributed by atoms with Crippen LogP contribution in [0.25, 0.3) is 0 Å². The first kappa shape index (κ1) is 14.0. The van der Waals surface area contributed by atoms with E-state index in [0.29, 0.717) is 13.1 Å². The van der Waals surface area contributed by atoms with Gasteiger partial charge in [-0.15, -0.1) is 11.3 Å². The molecule has 0 bridgehead atoms. The van der Waals surface area contributed by atoms with Gasteiger partial charge >= 0.3 is 6.18 Å². The molecular weight excluding hydrogens is 303 g/mol. The van der Waals surface area contributed by atoms with Crippen LogP contribution in [0.2, 0.25) is 0 Å². The van der Waals surface area contributed by atoms with Gasteiger partial charge in [-0.05, 0) is 40.3 Å². The van der Waals surface area contributed by atoms with Gasteiger partial charge in [0.05, 0.1) is 6.54 Å². The highest BCUT2D eigenvalue weighted by Gasteiger charge is 2.30. The smallest absolute Gasteiger partial charge is 0.290 e. The monoisotopic (exact) mass is 315 g/mol. The van der Waals surface area contributed by atoms with E-state index in [0.717, 1.165) is 15.8 Å². The Morgan fingerprint density at radius 1 is 1.44 bits per heavy atom. The van der Waals surface area contributed by atoms with Gasteiger partial charge in [0.2, 0.25) is 0 Å². The molecule has 1 aromatic rings. The lowest BCUT2D eigenvalue weighted by molar-refractivity contribution is -0.147. The Hall–Kier alpha value is -0.0700. The van der Waals surface area contributed by atoms with Crippen molar-refractivity contribution in [2.45, 2.75) is 26.1 Å². The first-order valence-corrected chi connectivity index (χ1v) is 6.60. The Morgan fingerprint density at radius 2 is 2.12 bits per heavy atom. The van der Waals surface area contributed by atoms with Crippen molar-refractivity contribution in [3.05, 3.63) is 20.8 Å². The quantitative estimate of drug-likeness (QED) is 0.783. The van der Waals surface area contributed by atoms with Gasteiger partial charge in [0.1, 0.15) is 0 Å². The van der Waals surface area contributed by atoms with Crippen molar-refractivity contribution in [2.24, 2.45) is 0 Å². The number of rotatable bonds is 5. The van der Waals surface area contributed by atoms with Crippen LogP contribution in [0.15, 0.2) is 15.9 Å². The van der Waals surface area contributed by atoms with Crippen molar-refractivity contribution in [3.8, 4) is 0 Å². The van der Waals surface area contributed by atoms with Gasteiger partial charge in [0, 0.05) is 15.9 Å². The third kappa shape index (κ3) is 4.84. The predicted molar refractivity (Wildman–Crippen MR) is 63.6 cm³/mol. The summed E-state index contributed by atoms with van der Waals surface area (Å²) < 4.78 is 37.8. The molecule has 92 valence electrons. The molecule has 1 rings (SSSR count). The standard InChI is InChI=1S/C10H13BrF3NS/c1-2-4-15(7-10(12,13)14)6-9-8(11)3-5-16-9/h3,5H,2,4,6-7H2,1H3. The van der Waals surface area contributed by atoms with E-state index in [9.17, 15) is 13.2 Å². The van der Waals surface area contributed by atoms with E-state index in [-0.39, 0.29) is 0 Å².